The first-order valence-corrected chi connectivity index (χ1v) is 5.26. The van der Waals surface area contributed by atoms with Crippen LogP contribution in [-0.4, -0.2) is 23.5 Å². The largest absolute Gasteiger partial charge is 0.369 e. The van der Waals surface area contributed by atoms with E-state index in [1.165, 1.54) is 6.07 Å². The smallest absolute Gasteiger partial charge is 0.295 e. The van der Waals surface area contributed by atoms with Gasteiger partial charge in [0.1, 0.15) is 6.61 Å². The number of hydrogen-bond donors (Lipinski definition) is 1. The maximum atomic E-state index is 13.4. The number of benzene rings is 1. The molecule has 0 radical (unpaired) electrons. The number of nitro benzene ring substituents is 1. The lowest BCUT2D eigenvalue weighted by Crippen LogP contribution is -2.21. The van der Waals surface area contributed by atoms with Crippen molar-refractivity contribution < 1.29 is 18.8 Å². The van der Waals surface area contributed by atoms with Gasteiger partial charge in [0.25, 0.3) is 11.6 Å². The first kappa shape index (κ1) is 14.0. The summed E-state index contributed by atoms with van der Waals surface area (Å²) in [5.41, 5.74) is -0.937. The van der Waals surface area contributed by atoms with E-state index < -0.39 is 28.0 Å². The zero-order chi connectivity index (χ0) is 13.7. The van der Waals surface area contributed by atoms with Crippen LogP contribution in [0.15, 0.2) is 18.2 Å². The third-order valence-electron chi connectivity index (χ3n) is 2.00. The topological polar surface area (TPSA) is 81.5 Å². The van der Waals surface area contributed by atoms with Crippen molar-refractivity contribution in [1.29, 1.82) is 0 Å². The molecule has 0 aliphatic rings. The Morgan fingerprint density at radius 3 is 2.78 bits per heavy atom. The minimum absolute atomic E-state index is 0.161. The van der Waals surface area contributed by atoms with Crippen LogP contribution in [-0.2, 0) is 9.53 Å². The van der Waals surface area contributed by atoms with Crippen molar-refractivity contribution >= 4 is 17.3 Å². The van der Waals surface area contributed by atoms with Crippen LogP contribution in [0.4, 0.5) is 15.8 Å². The number of anilines is 1. The van der Waals surface area contributed by atoms with Gasteiger partial charge in [0.15, 0.2) is 11.5 Å². The van der Waals surface area contributed by atoms with Gasteiger partial charge in [0, 0.05) is 6.07 Å². The summed E-state index contributed by atoms with van der Waals surface area (Å²) in [6, 6.07) is 3.35. The third-order valence-corrected chi connectivity index (χ3v) is 2.00. The predicted molar refractivity (Wildman–Crippen MR) is 62.8 cm³/mol. The summed E-state index contributed by atoms with van der Waals surface area (Å²) < 4.78 is 18.4. The van der Waals surface area contributed by atoms with Gasteiger partial charge in [-0.1, -0.05) is 6.07 Å². The molecule has 1 aromatic carbocycles. The summed E-state index contributed by atoms with van der Waals surface area (Å²) in [6.07, 6.45) is -0.161. The molecule has 0 aliphatic carbocycles. The fourth-order valence-corrected chi connectivity index (χ4v) is 1.21. The first-order chi connectivity index (χ1) is 8.41. The number of nitrogens with zero attached hydrogens (tertiary/aromatic N) is 1. The van der Waals surface area contributed by atoms with Gasteiger partial charge in [-0.05, 0) is 19.9 Å². The van der Waals surface area contributed by atoms with E-state index in [1.54, 1.807) is 13.8 Å². The molecule has 1 rings (SSSR count). The number of nitrogens with one attached hydrogen (secondary N) is 1. The molecule has 98 valence electrons. The highest BCUT2D eigenvalue weighted by atomic mass is 19.1. The Hall–Kier alpha value is -2.02. The second-order valence-electron chi connectivity index (χ2n) is 3.80. The molecule has 0 spiro atoms. The van der Waals surface area contributed by atoms with Crippen LogP contribution in [0.5, 0.6) is 0 Å². The van der Waals surface area contributed by atoms with E-state index >= 15 is 0 Å². The van der Waals surface area contributed by atoms with Crippen LogP contribution >= 0.6 is 0 Å². The minimum atomic E-state index is -0.859. The molecule has 0 unspecified atom stereocenters. The van der Waals surface area contributed by atoms with Gasteiger partial charge in [-0.15, -0.1) is 0 Å². The number of carbonyl (C=O) groups is 1. The normalized spacial score (nSPS) is 10.4. The Kier molecular flexibility index (Phi) is 4.73. The van der Waals surface area contributed by atoms with Crippen molar-refractivity contribution in [3.05, 3.63) is 34.1 Å². The van der Waals surface area contributed by atoms with Gasteiger partial charge in [0.05, 0.1) is 11.0 Å². The monoisotopic (exact) mass is 256 g/mol. The summed E-state index contributed by atoms with van der Waals surface area (Å²) in [5.74, 6) is -1.50. The number of carbonyl (C=O) groups excluding carboxylic acids is 1. The van der Waals surface area contributed by atoms with Gasteiger partial charge < -0.3 is 10.1 Å². The molecule has 1 amide bonds. The second kappa shape index (κ2) is 6.06. The lowest BCUT2D eigenvalue weighted by molar-refractivity contribution is -0.384. The molecule has 0 saturated carbocycles. The zero-order valence-corrected chi connectivity index (χ0v) is 9.97. The number of hydrogen-bond acceptors (Lipinski definition) is 4. The number of para-hydroxylation sites is 1. The van der Waals surface area contributed by atoms with E-state index in [0.717, 1.165) is 12.1 Å². The van der Waals surface area contributed by atoms with Gasteiger partial charge in [-0.3, -0.25) is 14.9 Å². The van der Waals surface area contributed by atoms with E-state index in [0.29, 0.717) is 0 Å². The zero-order valence-electron chi connectivity index (χ0n) is 9.97. The summed E-state index contributed by atoms with van der Waals surface area (Å²) in [7, 11) is 0. The average molecular weight is 256 g/mol. The molecule has 6 nitrogen and oxygen atoms in total. The maximum Gasteiger partial charge on any atom is 0.295 e. The molecule has 0 aromatic heterocycles. The Morgan fingerprint density at radius 1 is 1.56 bits per heavy atom. The number of ether oxygens (including phenoxy) is 1. The molecule has 18 heavy (non-hydrogen) atoms. The Bertz CT molecular complexity index is 462. The van der Waals surface area contributed by atoms with E-state index in [-0.39, 0.29) is 12.7 Å². The lowest BCUT2D eigenvalue weighted by Gasteiger charge is -2.09. The molecule has 0 fully saturated rings. The molecular formula is C11H13FN2O4. The number of halogens is 1. The molecule has 0 saturated heterocycles. The Balaban J connectivity index is 2.83. The number of nitro groups is 1. The maximum absolute atomic E-state index is 13.4. The molecule has 0 aliphatic heterocycles. The van der Waals surface area contributed by atoms with Crippen molar-refractivity contribution in [1.82, 2.24) is 0 Å². The standard InChI is InChI=1S/C11H13FN2O4/c1-7(2)18-6-10(15)13-11-8(12)4-3-5-9(11)14(16)17/h3-5,7H,6H2,1-2H3,(H,13,15). The van der Waals surface area contributed by atoms with Gasteiger partial charge in [0.2, 0.25) is 0 Å². The molecule has 1 aromatic rings. The van der Waals surface area contributed by atoms with Crippen LogP contribution in [0.1, 0.15) is 13.8 Å². The average Bonchev–Trinajstić information content (AvgIpc) is 2.28. The van der Waals surface area contributed by atoms with Crippen molar-refractivity contribution in [3.63, 3.8) is 0 Å². The summed E-state index contributed by atoms with van der Waals surface area (Å²) in [5, 5.41) is 12.8. The van der Waals surface area contributed by atoms with Crippen LogP contribution in [0.2, 0.25) is 0 Å². The van der Waals surface area contributed by atoms with E-state index in [4.69, 9.17) is 4.74 Å². The predicted octanol–water partition coefficient (Wildman–Crippen LogP) is 2.10. The molecule has 0 heterocycles. The molecule has 1 N–H and O–H groups in total. The van der Waals surface area contributed by atoms with Gasteiger partial charge in [-0.2, -0.15) is 0 Å². The third kappa shape index (κ3) is 3.77. The Morgan fingerprint density at radius 2 is 2.22 bits per heavy atom. The van der Waals surface area contributed by atoms with Crippen molar-refractivity contribution in [3.8, 4) is 0 Å². The SMILES string of the molecule is CC(C)OCC(=O)Nc1c(F)cccc1[N+](=O)[O-]. The highest BCUT2D eigenvalue weighted by Crippen LogP contribution is 2.26. The van der Waals surface area contributed by atoms with Crippen molar-refractivity contribution in [2.24, 2.45) is 0 Å². The summed E-state index contributed by atoms with van der Waals surface area (Å²) in [4.78, 5) is 21.3. The van der Waals surface area contributed by atoms with Gasteiger partial charge in [-0.25, -0.2) is 4.39 Å². The lowest BCUT2D eigenvalue weighted by atomic mass is 10.2. The van der Waals surface area contributed by atoms with E-state index in [2.05, 4.69) is 5.32 Å². The molecule has 0 atom stereocenters. The second-order valence-corrected chi connectivity index (χ2v) is 3.80. The number of rotatable bonds is 5. The van der Waals surface area contributed by atoms with Crippen LogP contribution in [0, 0.1) is 15.9 Å². The quantitative estimate of drug-likeness (QED) is 0.646. The molecule has 7 heteroatoms. The minimum Gasteiger partial charge on any atom is -0.369 e. The van der Waals surface area contributed by atoms with Crippen LogP contribution in [0.3, 0.4) is 0 Å². The number of amides is 1. The van der Waals surface area contributed by atoms with Crippen molar-refractivity contribution in [2.75, 3.05) is 11.9 Å². The molecule has 0 bridgehead atoms. The fraction of sp³-hybridized carbons (Fsp3) is 0.364. The van der Waals surface area contributed by atoms with E-state index in [9.17, 15) is 19.3 Å². The van der Waals surface area contributed by atoms with Crippen LogP contribution < -0.4 is 5.32 Å². The van der Waals surface area contributed by atoms with E-state index in [1.807, 2.05) is 0 Å². The fourth-order valence-electron chi connectivity index (χ4n) is 1.21. The first-order valence-electron chi connectivity index (χ1n) is 5.26. The Labute approximate surface area is 103 Å². The van der Waals surface area contributed by atoms with Crippen LogP contribution in [0.25, 0.3) is 0 Å². The van der Waals surface area contributed by atoms with Gasteiger partial charge >= 0.3 is 0 Å². The highest BCUT2D eigenvalue weighted by molar-refractivity contribution is 5.94. The van der Waals surface area contributed by atoms with Crippen molar-refractivity contribution in [2.45, 2.75) is 20.0 Å². The summed E-state index contributed by atoms with van der Waals surface area (Å²) in [6.45, 7) is 3.18. The highest BCUT2D eigenvalue weighted by Gasteiger charge is 2.19. The molecular weight excluding hydrogens is 243 g/mol. The summed E-state index contributed by atoms with van der Waals surface area (Å²) >= 11 is 0.